The molecule has 1 heterocycles. The number of carbonyl (C=O) groups excluding carboxylic acids is 2. The van der Waals surface area contributed by atoms with Gasteiger partial charge in [-0.3, -0.25) is 9.59 Å². The summed E-state index contributed by atoms with van der Waals surface area (Å²) in [5.74, 6) is 0.0599. The molecule has 2 aromatic rings. The maximum absolute atomic E-state index is 12.6. The van der Waals surface area contributed by atoms with Crippen LogP contribution in [-0.4, -0.2) is 26.1 Å². The summed E-state index contributed by atoms with van der Waals surface area (Å²) in [5, 5.41) is 0. The second-order valence-corrected chi connectivity index (χ2v) is 5.71. The van der Waals surface area contributed by atoms with Crippen LogP contribution in [0.5, 0.6) is 5.75 Å². The van der Waals surface area contributed by atoms with E-state index in [0.717, 1.165) is 22.6 Å². The monoisotopic (exact) mass is 325 g/mol. The van der Waals surface area contributed by atoms with E-state index in [2.05, 4.69) is 0 Å². The van der Waals surface area contributed by atoms with Gasteiger partial charge in [-0.05, 0) is 36.8 Å². The van der Waals surface area contributed by atoms with E-state index >= 15 is 0 Å². The standard InChI is InChI=1S/C19H19NO4/c1-12(19(22)24-3)13-7-9-14(10-8-13)20-11-16-15(18(20)21)5-4-6-17(16)23-2/h4-10,12H,11H2,1-3H3. The van der Waals surface area contributed by atoms with Crippen LogP contribution in [0.2, 0.25) is 0 Å². The molecule has 0 radical (unpaired) electrons. The first kappa shape index (κ1) is 16.1. The Morgan fingerprint density at radius 3 is 2.46 bits per heavy atom. The van der Waals surface area contributed by atoms with Gasteiger partial charge in [0.2, 0.25) is 0 Å². The molecule has 0 spiro atoms. The van der Waals surface area contributed by atoms with Gasteiger partial charge in [0.05, 0.1) is 26.7 Å². The first-order valence-electron chi connectivity index (χ1n) is 7.72. The minimum atomic E-state index is -0.337. The quantitative estimate of drug-likeness (QED) is 0.811. The van der Waals surface area contributed by atoms with E-state index in [4.69, 9.17) is 9.47 Å². The predicted octanol–water partition coefficient (Wildman–Crippen LogP) is 3.13. The number of nitrogens with zero attached hydrogens (tertiary/aromatic N) is 1. The van der Waals surface area contributed by atoms with Crippen molar-refractivity contribution in [3.8, 4) is 5.75 Å². The molecular weight excluding hydrogens is 306 g/mol. The van der Waals surface area contributed by atoms with Crippen LogP contribution in [0.1, 0.15) is 34.3 Å². The van der Waals surface area contributed by atoms with E-state index in [1.807, 2.05) is 42.5 Å². The molecule has 1 atom stereocenters. The Labute approximate surface area is 140 Å². The van der Waals surface area contributed by atoms with Crippen molar-refractivity contribution in [1.82, 2.24) is 0 Å². The lowest BCUT2D eigenvalue weighted by atomic mass is 10.0. The Morgan fingerprint density at radius 2 is 1.83 bits per heavy atom. The van der Waals surface area contributed by atoms with Gasteiger partial charge in [0, 0.05) is 16.8 Å². The van der Waals surface area contributed by atoms with Crippen LogP contribution in [0, 0.1) is 0 Å². The maximum atomic E-state index is 12.6. The SMILES string of the molecule is COC(=O)C(C)c1ccc(N2Cc3c(OC)cccc3C2=O)cc1. The number of methoxy groups -OCH3 is 2. The minimum absolute atomic E-state index is 0.0438. The summed E-state index contributed by atoms with van der Waals surface area (Å²) in [6.07, 6.45) is 0. The van der Waals surface area contributed by atoms with E-state index in [-0.39, 0.29) is 17.8 Å². The van der Waals surface area contributed by atoms with Crippen molar-refractivity contribution in [2.45, 2.75) is 19.4 Å². The average Bonchev–Trinajstić information content (AvgIpc) is 2.97. The molecule has 1 aliphatic rings. The molecule has 0 aliphatic carbocycles. The number of benzene rings is 2. The molecule has 1 unspecified atom stereocenters. The summed E-state index contributed by atoms with van der Waals surface area (Å²) < 4.78 is 10.1. The van der Waals surface area contributed by atoms with Crippen LogP contribution in [0.15, 0.2) is 42.5 Å². The van der Waals surface area contributed by atoms with Crippen LogP contribution >= 0.6 is 0 Å². The number of rotatable bonds is 4. The molecule has 5 nitrogen and oxygen atoms in total. The summed E-state index contributed by atoms with van der Waals surface area (Å²) in [6.45, 7) is 2.27. The Hall–Kier alpha value is -2.82. The third kappa shape index (κ3) is 2.62. The summed E-state index contributed by atoms with van der Waals surface area (Å²) in [7, 11) is 2.98. The molecular formula is C19H19NO4. The molecule has 2 aromatic carbocycles. The fourth-order valence-electron chi connectivity index (χ4n) is 2.96. The van der Waals surface area contributed by atoms with Crippen LogP contribution in [0.3, 0.4) is 0 Å². The highest BCUT2D eigenvalue weighted by Crippen LogP contribution is 2.34. The number of esters is 1. The van der Waals surface area contributed by atoms with Crippen molar-refractivity contribution in [2.24, 2.45) is 0 Å². The second-order valence-electron chi connectivity index (χ2n) is 5.71. The number of amides is 1. The first-order chi connectivity index (χ1) is 11.6. The largest absolute Gasteiger partial charge is 0.496 e. The van der Waals surface area contributed by atoms with Gasteiger partial charge in [-0.25, -0.2) is 0 Å². The summed E-state index contributed by atoms with van der Waals surface area (Å²) in [5.41, 5.74) is 3.21. The van der Waals surface area contributed by atoms with Crippen molar-refractivity contribution in [3.63, 3.8) is 0 Å². The van der Waals surface area contributed by atoms with Gasteiger partial charge in [0.25, 0.3) is 5.91 Å². The Morgan fingerprint density at radius 1 is 1.12 bits per heavy atom. The van der Waals surface area contributed by atoms with Crippen LogP contribution in [0.4, 0.5) is 5.69 Å². The zero-order valence-electron chi connectivity index (χ0n) is 13.9. The van der Waals surface area contributed by atoms with E-state index < -0.39 is 0 Å². The third-order valence-electron chi connectivity index (χ3n) is 4.40. The third-order valence-corrected chi connectivity index (χ3v) is 4.40. The van der Waals surface area contributed by atoms with Gasteiger partial charge < -0.3 is 14.4 Å². The zero-order chi connectivity index (χ0) is 17.3. The smallest absolute Gasteiger partial charge is 0.312 e. The summed E-state index contributed by atoms with van der Waals surface area (Å²) in [6, 6.07) is 12.9. The van der Waals surface area contributed by atoms with E-state index in [0.29, 0.717) is 12.1 Å². The van der Waals surface area contributed by atoms with Gasteiger partial charge >= 0.3 is 5.97 Å². The highest BCUT2D eigenvalue weighted by molar-refractivity contribution is 6.10. The number of hydrogen-bond donors (Lipinski definition) is 0. The van der Waals surface area contributed by atoms with E-state index in [1.54, 1.807) is 18.9 Å². The van der Waals surface area contributed by atoms with Crippen LogP contribution in [-0.2, 0) is 16.1 Å². The number of carbonyl (C=O) groups is 2. The average molecular weight is 325 g/mol. The minimum Gasteiger partial charge on any atom is -0.496 e. The lowest BCUT2D eigenvalue weighted by molar-refractivity contribution is -0.141. The van der Waals surface area contributed by atoms with Crippen molar-refractivity contribution in [2.75, 3.05) is 19.1 Å². The first-order valence-corrected chi connectivity index (χ1v) is 7.72. The number of hydrogen-bond acceptors (Lipinski definition) is 4. The second kappa shape index (κ2) is 6.35. The summed E-state index contributed by atoms with van der Waals surface area (Å²) in [4.78, 5) is 26.0. The molecule has 0 fully saturated rings. The Balaban J connectivity index is 1.86. The van der Waals surface area contributed by atoms with Crippen molar-refractivity contribution >= 4 is 17.6 Å². The van der Waals surface area contributed by atoms with E-state index in [1.165, 1.54) is 7.11 Å². The molecule has 24 heavy (non-hydrogen) atoms. The van der Waals surface area contributed by atoms with Gasteiger partial charge in [0.1, 0.15) is 5.75 Å². The Kier molecular flexibility index (Phi) is 4.25. The van der Waals surface area contributed by atoms with E-state index in [9.17, 15) is 9.59 Å². The molecule has 1 aliphatic heterocycles. The van der Waals surface area contributed by atoms with Gasteiger partial charge in [-0.1, -0.05) is 18.2 Å². The highest BCUT2D eigenvalue weighted by atomic mass is 16.5. The molecule has 5 heteroatoms. The molecule has 0 saturated carbocycles. The fraction of sp³-hybridized carbons (Fsp3) is 0.263. The number of anilines is 1. The molecule has 0 bridgehead atoms. The van der Waals surface area contributed by atoms with Gasteiger partial charge in [-0.2, -0.15) is 0 Å². The van der Waals surface area contributed by atoms with Crippen LogP contribution in [0.25, 0.3) is 0 Å². The van der Waals surface area contributed by atoms with Crippen molar-refractivity contribution < 1.29 is 19.1 Å². The lowest BCUT2D eigenvalue weighted by Gasteiger charge is -2.17. The molecule has 0 saturated heterocycles. The molecule has 124 valence electrons. The van der Waals surface area contributed by atoms with Gasteiger partial charge in [-0.15, -0.1) is 0 Å². The Bertz CT molecular complexity index is 782. The maximum Gasteiger partial charge on any atom is 0.312 e. The molecule has 0 N–H and O–H groups in total. The highest BCUT2D eigenvalue weighted by Gasteiger charge is 2.30. The molecule has 0 aromatic heterocycles. The lowest BCUT2D eigenvalue weighted by Crippen LogP contribution is -2.23. The molecule has 3 rings (SSSR count). The zero-order valence-corrected chi connectivity index (χ0v) is 13.9. The summed E-state index contributed by atoms with van der Waals surface area (Å²) >= 11 is 0. The predicted molar refractivity (Wildman–Crippen MR) is 90.4 cm³/mol. The van der Waals surface area contributed by atoms with Crippen LogP contribution < -0.4 is 9.64 Å². The molecule has 1 amide bonds. The number of fused-ring (bicyclic) bond motifs is 1. The normalized spacial score (nSPS) is 14.3. The fourth-order valence-corrected chi connectivity index (χ4v) is 2.96. The van der Waals surface area contributed by atoms with Crippen molar-refractivity contribution in [1.29, 1.82) is 0 Å². The number of ether oxygens (including phenoxy) is 2. The van der Waals surface area contributed by atoms with Gasteiger partial charge in [0.15, 0.2) is 0 Å². The topological polar surface area (TPSA) is 55.8 Å². The van der Waals surface area contributed by atoms with Crippen molar-refractivity contribution in [3.05, 3.63) is 59.2 Å².